The average Bonchev–Trinajstić information content (AvgIpc) is 2.51. The van der Waals surface area contributed by atoms with Gasteiger partial charge in [0, 0.05) is 5.92 Å². The van der Waals surface area contributed by atoms with Crippen LogP contribution in [0, 0.1) is 11.8 Å². The third-order valence-corrected chi connectivity index (χ3v) is 4.80. The zero-order chi connectivity index (χ0) is 16.8. The molecule has 0 bridgehead atoms. The van der Waals surface area contributed by atoms with E-state index in [9.17, 15) is 9.59 Å². The van der Waals surface area contributed by atoms with Gasteiger partial charge in [-0.15, -0.1) is 0 Å². The lowest BCUT2D eigenvalue weighted by molar-refractivity contribution is -0.137. The van der Waals surface area contributed by atoms with Crippen LogP contribution in [-0.2, 0) is 9.59 Å². The fraction of sp³-hybridized carbons (Fsp3) is 0.524. The Morgan fingerprint density at radius 1 is 1.17 bits per heavy atom. The molecule has 0 aliphatic heterocycles. The number of hydrogen-bond acceptors (Lipinski definition) is 2. The Kier molecular flexibility index (Phi) is 6.32. The molecule has 2 heteroatoms. The summed E-state index contributed by atoms with van der Waals surface area (Å²) < 4.78 is 0. The zero-order valence-corrected chi connectivity index (χ0v) is 14.6. The number of allylic oxidation sites excluding steroid dienone is 8. The minimum atomic E-state index is -0.321. The van der Waals surface area contributed by atoms with Crippen LogP contribution in [0.25, 0.3) is 0 Å². The van der Waals surface area contributed by atoms with E-state index in [0.29, 0.717) is 0 Å². The molecular weight excluding hydrogens is 284 g/mol. The molecule has 2 aliphatic carbocycles. The first-order chi connectivity index (χ1) is 11.0. The molecular formula is C21H28O2. The normalized spacial score (nSPS) is 24.3. The number of fused-ring (bicyclic) bond motifs is 1. The molecule has 0 aromatic heterocycles. The van der Waals surface area contributed by atoms with Crippen molar-refractivity contribution in [2.75, 3.05) is 0 Å². The van der Waals surface area contributed by atoms with Crippen LogP contribution in [0.1, 0.15) is 59.3 Å². The second-order valence-electron chi connectivity index (χ2n) is 7.07. The molecule has 0 spiro atoms. The molecule has 0 heterocycles. The average molecular weight is 312 g/mol. The standard InChI is InChI=1S/C21H28O2/c1-15(2)6-4-7-16(3)8-5-9-17-10-12-19-18(14-17)11-13-20(22)21(19)23/h6,8,10-11,13,18-19H,4-5,7,9,12,14H2,1-3H3. The van der Waals surface area contributed by atoms with Gasteiger partial charge in [0.15, 0.2) is 0 Å². The third kappa shape index (κ3) is 5.16. The fourth-order valence-electron chi connectivity index (χ4n) is 3.37. The smallest absolute Gasteiger partial charge is 0.221 e. The molecule has 124 valence electrons. The highest BCUT2D eigenvalue weighted by Crippen LogP contribution is 2.35. The maximum absolute atomic E-state index is 11.9. The molecule has 0 radical (unpaired) electrons. The lowest BCUT2D eigenvalue weighted by Crippen LogP contribution is -2.33. The summed E-state index contributed by atoms with van der Waals surface area (Å²) in [6, 6.07) is 0. The van der Waals surface area contributed by atoms with Crippen molar-refractivity contribution < 1.29 is 9.59 Å². The van der Waals surface area contributed by atoms with Crippen molar-refractivity contribution >= 4 is 11.6 Å². The van der Waals surface area contributed by atoms with E-state index in [1.807, 2.05) is 6.08 Å². The van der Waals surface area contributed by atoms with Crippen molar-refractivity contribution in [2.24, 2.45) is 11.8 Å². The monoisotopic (exact) mass is 312 g/mol. The molecule has 0 fully saturated rings. The summed E-state index contributed by atoms with van der Waals surface area (Å²) >= 11 is 0. The molecule has 2 unspecified atom stereocenters. The third-order valence-electron chi connectivity index (χ3n) is 4.80. The first-order valence-electron chi connectivity index (χ1n) is 8.70. The minimum Gasteiger partial charge on any atom is -0.290 e. The molecule has 0 amide bonds. The van der Waals surface area contributed by atoms with Crippen LogP contribution < -0.4 is 0 Å². The van der Waals surface area contributed by atoms with Gasteiger partial charge in [0.25, 0.3) is 0 Å². The number of rotatable bonds is 6. The predicted molar refractivity (Wildman–Crippen MR) is 95.1 cm³/mol. The first kappa shape index (κ1) is 17.7. The SMILES string of the molecule is CC(C)=CCCC(C)=CCCC1=CCC2C(=O)C(=O)C=CC2C1. The van der Waals surface area contributed by atoms with Gasteiger partial charge in [0.2, 0.25) is 11.6 Å². The van der Waals surface area contributed by atoms with Crippen LogP contribution in [-0.4, -0.2) is 11.6 Å². The van der Waals surface area contributed by atoms with E-state index in [1.54, 1.807) is 0 Å². The van der Waals surface area contributed by atoms with Gasteiger partial charge in [-0.1, -0.05) is 41.0 Å². The van der Waals surface area contributed by atoms with Crippen LogP contribution in [0.15, 0.2) is 47.1 Å². The number of carbonyl (C=O) groups is 2. The Hall–Kier alpha value is -1.70. The Morgan fingerprint density at radius 2 is 1.96 bits per heavy atom. The van der Waals surface area contributed by atoms with Gasteiger partial charge in [-0.2, -0.15) is 0 Å². The Bertz CT molecular complexity index is 583. The first-order valence-corrected chi connectivity index (χ1v) is 8.70. The second kappa shape index (κ2) is 8.24. The van der Waals surface area contributed by atoms with Gasteiger partial charge < -0.3 is 0 Å². The molecule has 2 aliphatic rings. The van der Waals surface area contributed by atoms with Gasteiger partial charge >= 0.3 is 0 Å². The molecule has 0 aromatic carbocycles. The highest BCUT2D eigenvalue weighted by molar-refractivity contribution is 6.43. The molecule has 23 heavy (non-hydrogen) atoms. The summed E-state index contributed by atoms with van der Waals surface area (Å²) in [6.45, 7) is 6.48. The van der Waals surface area contributed by atoms with Crippen LogP contribution in [0.4, 0.5) is 0 Å². The number of ketones is 2. The zero-order valence-electron chi connectivity index (χ0n) is 14.6. The van der Waals surface area contributed by atoms with Gasteiger partial charge in [0.1, 0.15) is 0 Å². The fourth-order valence-corrected chi connectivity index (χ4v) is 3.37. The van der Waals surface area contributed by atoms with Crippen molar-refractivity contribution in [2.45, 2.75) is 59.3 Å². The van der Waals surface area contributed by atoms with Crippen molar-refractivity contribution in [1.29, 1.82) is 0 Å². The lowest BCUT2D eigenvalue weighted by Gasteiger charge is -2.29. The van der Waals surface area contributed by atoms with E-state index in [4.69, 9.17) is 0 Å². The summed E-state index contributed by atoms with van der Waals surface area (Å²) in [6.07, 6.45) is 16.3. The van der Waals surface area contributed by atoms with Gasteiger partial charge in [0.05, 0.1) is 0 Å². The van der Waals surface area contributed by atoms with Crippen LogP contribution >= 0.6 is 0 Å². The second-order valence-corrected chi connectivity index (χ2v) is 7.07. The van der Waals surface area contributed by atoms with E-state index in [1.165, 1.54) is 22.8 Å². The molecule has 0 N–H and O–H groups in total. The Labute approximate surface area is 140 Å². The summed E-state index contributed by atoms with van der Waals surface area (Å²) in [5.41, 5.74) is 4.27. The number of Topliss-reactive ketones (excluding diaryl/α,β-unsaturated/α-hetero) is 1. The van der Waals surface area contributed by atoms with Gasteiger partial charge in [-0.25, -0.2) is 0 Å². The van der Waals surface area contributed by atoms with Crippen molar-refractivity contribution in [3.63, 3.8) is 0 Å². The number of carbonyl (C=O) groups excluding carboxylic acids is 2. The van der Waals surface area contributed by atoms with Crippen molar-refractivity contribution in [3.05, 3.63) is 47.1 Å². The van der Waals surface area contributed by atoms with E-state index in [2.05, 4.69) is 39.0 Å². The van der Waals surface area contributed by atoms with Crippen molar-refractivity contribution in [1.82, 2.24) is 0 Å². The maximum Gasteiger partial charge on any atom is 0.221 e. The van der Waals surface area contributed by atoms with E-state index >= 15 is 0 Å². The molecule has 0 saturated heterocycles. The van der Waals surface area contributed by atoms with Gasteiger partial charge in [-0.3, -0.25) is 9.59 Å². The maximum atomic E-state index is 11.9. The van der Waals surface area contributed by atoms with Crippen LogP contribution in [0.2, 0.25) is 0 Å². The molecule has 2 nitrogen and oxygen atoms in total. The Morgan fingerprint density at radius 3 is 2.70 bits per heavy atom. The van der Waals surface area contributed by atoms with Gasteiger partial charge in [-0.05, 0) is 71.3 Å². The van der Waals surface area contributed by atoms with E-state index in [-0.39, 0.29) is 23.4 Å². The molecule has 0 saturated carbocycles. The highest BCUT2D eigenvalue weighted by Gasteiger charge is 2.35. The van der Waals surface area contributed by atoms with E-state index < -0.39 is 0 Å². The topological polar surface area (TPSA) is 34.1 Å². The summed E-state index contributed by atoms with van der Waals surface area (Å²) in [5.74, 6) is -0.374. The largest absolute Gasteiger partial charge is 0.290 e. The van der Waals surface area contributed by atoms with Crippen LogP contribution in [0.5, 0.6) is 0 Å². The summed E-state index contributed by atoms with van der Waals surface area (Å²) in [4.78, 5) is 23.3. The Balaban J connectivity index is 1.80. The quantitative estimate of drug-likeness (QED) is 0.504. The summed E-state index contributed by atoms with van der Waals surface area (Å²) in [7, 11) is 0. The van der Waals surface area contributed by atoms with E-state index in [0.717, 1.165) is 38.5 Å². The van der Waals surface area contributed by atoms with Crippen LogP contribution in [0.3, 0.4) is 0 Å². The molecule has 0 aromatic rings. The number of hydrogen-bond donors (Lipinski definition) is 0. The lowest BCUT2D eigenvalue weighted by atomic mass is 9.73. The van der Waals surface area contributed by atoms with Crippen molar-refractivity contribution in [3.8, 4) is 0 Å². The highest BCUT2D eigenvalue weighted by atomic mass is 16.2. The molecule has 2 rings (SSSR count). The molecule has 2 atom stereocenters. The summed E-state index contributed by atoms with van der Waals surface area (Å²) in [5, 5.41) is 0. The predicted octanol–water partition coefficient (Wildman–Crippen LogP) is 5.12. The minimum absolute atomic E-state index is 0.0994.